The number of nitrogens with one attached hydrogen (secondary N) is 1. The third-order valence-corrected chi connectivity index (χ3v) is 10.3. The van der Waals surface area contributed by atoms with Crippen LogP contribution in [-0.2, 0) is 6.42 Å². The lowest BCUT2D eigenvalue weighted by molar-refractivity contribution is 0.647. The Kier molecular flexibility index (Phi) is 7.28. The Balaban J connectivity index is 0.972. The summed E-state index contributed by atoms with van der Waals surface area (Å²) in [6.45, 7) is 0. The SMILES string of the molecule is C1=Cc2c(c3cc4ccccc4cc3n2-c2ccc(-c3ccccc3C3=CCC(NC4=CC=C(c5ccccc5)CC4)C=C3)cc2)CC1. The van der Waals surface area contributed by atoms with E-state index in [4.69, 9.17) is 0 Å². The summed E-state index contributed by atoms with van der Waals surface area (Å²) in [6.07, 6.45) is 21.5. The van der Waals surface area contributed by atoms with E-state index >= 15 is 0 Å². The van der Waals surface area contributed by atoms with Gasteiger partial charge in [-0.1, -0.05) is 121 Å². The number of hydrogen-bond donors (Lipinski definition) is 1. The van der Waals surface area contributed by atoms with E-state index in [1.165, 1.54) is 77.7 Å². The predicted molar refractivity (Wildman–Crippen MR) is 204 cm³/mol. The molecule has 5 aromatic carbocycles. The molecule has 0 amide bonds. The Morgan fingerprint density at radius 3 is 2.19 bits per heavy atom. The van der Waals surface area contributed by atoms with Crippen molar-refractivity contribution >= 4 is 38.9 Å². The third-order valence-electron chi connectivity index (χ3n) is 10.3. The number of benzene rings is 5. The second-order valence-electron chi connectivity index (χ2n) is 13.2. The highest BCUT2D eigenvalue weighted by Crippen LogP contribution is 2.38. The molecule has 6 aromatic rings. The molecule has 3 aliphatic rings. The van der Waals surface area contributed by atoms with Crippen LogP contribution in [0.3, 0.4) is 0 Å². The van der Waals surface area contributed by atoms with E-state index in [-0.39, 0.29) is 0 Å². The van der Waals surface area contributed by atoms with E-state index in [9.17, 15) is 0 Å². The minimum atomic E-state index is 0.312. The highest BCUT2D eigenvalue weighted by atomic mass is 15.0. The van der Waals surface area contributed by atoms with Crippen LogP contribution in [0.25, 0.3) is 55.7 Å². The van der Waals surface area contributed by atoms with Gasteiger partial charge in [0.1, 0.15) is 0 Å². The maximum absolute atomic E-state index is 3.79. The van der Waals surface area contributed by atoms with Gasteiger partial charge in [0.05, 0.1) is 5.52 Å². The molecule has 1 aromatic heterocycles. The van der Waals surface area contributed by atoms with Gasteiger partial charge in [0.2, 0.25) is 0 Å². The Bertz CT molecular complexity index is 2320. The van der Waals surface area contributed by atoms with Gasteiger partial charge in [-0.05, 0) is 118 Å². The van der Waals surface area contributed by atoms with Crippen LogP contribution in [0.2, 0.25) is 0 Å². The molecule has 48 heavy (non-hydrogen) atoms. The fraction of sp³-hybridized carbons (Fsp3) is 0.130. The molecule has 1 atom stereocenters. The first-order valence-corrected chi connectivity index (χ1v) is 17.3. The zero-order valence-electron chi connectivity index (χ0n) is 27.1. The van der Waals surface area contributed by atoms with E-state index in [1.54, 1.807) is 0 Å². The van der Waals surface area contributed by atoms with Gasteiger partial charge in [0.25, 0.3) is 0 Å². The molecule has 0 aliphatic heterocycles. The molecule has 1 unspecified atom stereocenters. The number of fused-ring (bicyclic) bond motifs is 4. The smallest absolute Gasteiger partial charge is 0.0544 e. The topological polar surface area (TPSA) is 17.0 Å². The molecule has 9 rings (SSSR count). The summed E-state index contributed by atoms with van der Waals surface area (Å²) in [5, 5.41) is 7.75. The lowest BCUT2D eigenvalue weighted by Crippen LogP contribution is -2.27. The van der Waals surface area contributed by atoms with Crippen molar-refractivity contribution in [3.05, 3.63) is 180 Å². The summed E-state index contributed by atoms with van der Waals surface area (Å²) in [6, 6.07) is 42.5. The molecular formula is C46H38N2. The van der Waals surface area contributed by atoms with E-state index in [0.717, 1.165) is 32.1 Å². The molecular weight excluding hydrogens is 581 g/mol. The van der Waals surface area contributed by atoms with Gasteiger partial charge in [-0.15, -0.1) is 0 Å². The van der Waals surface area contributed by atoms with Crippen LogP contribution in [0.15, 0.2) is 157 Å². The van der Waals surface area contributed by atoms with Gasteiger partial charge in [-0.2, -0.15) is 0 Å². The first-order chi connectivity index (χ1) is 23.8. The Morgan fingerprint density at radius 2 is 1.42 bits per heavy atom. The molecule has 1 N–H and O–H groups in total. The number of aromatic nitrogens is 1. The van der Waals surface area contributed by atoms with Crippen LogP contribution in [0.4, 0.5) is 0 Å². The van der Waals surface area contributed by atoms with Gasteiger partial charge in [0, 0.05) is 28.5 Å². The maximum Gasteiger partial charge on any atom is 0.0544 e. The molecule has 2 heteroatoms. The van der Waals surface area contributed by atoms with E-state index < -0.39 is 0 Å². The van der Waals surface area contributed by atoms with E-state index in [2.05, 4.69) is 168 Å². The Morgan fingerprint density at radius 1 is 0.646 bits per heavy atom. The normalized spacial score (nSPS) is 17.2. The van der Waals surface area contributed by atoms with Crippen molar-refractivity contribution in [2.24, 2.45) is 0 Å². The molecule has 0 saturated carbocycles. The van der Waals surface area contributed by atoms with Gasteiger partial charge < -0.3 is 9.88 Å². The largest absolute Gasteiger partial charge is 0.382 e. The number of rotatable bonds is 6. The van der Waals surface area contributed by atoms with Crippen LogP contribution >= 0.6 is 0 Å². The van der Waals surface area contributed by atoms with Crippen LogP contribution in [0.1, 0.15) is 48.1 Å². The fourth-order valence-corrected chi connectivity index (χ4v) is 7.79. The molecule has 0 bridgehead atoms. The molecule has 1 heterocycles. The second kappa shape index (κ2) is 12.2. The van der Waals surface area contributed by atoms with Crippen molar-refractivity contribution in [2.75, 3.05) is 0 Å². The quantitative estimate of drug-likeness (QED) is 0.196. The van der Waals surface area contributed by atoms with Crippen molar-refractivity contribution in [3.8, 4) is 16.8 Å². The average molecular weight is 619 g/mol. The minimum absolute atomic E-state index is 0.312. The van der Waals surface area contributed by atoms with Crippen molar-refractivity contribution in [3.63, 3.8) is 0 Å². The first-order valence-electron chi connectivity index (χ1n) is 17.3. The standard InChI is InChI=1S/C46H38N2/c1-2-10-32(11-3-1)33-18-24-38(25-19-33)47-39-26-20-34(21-27-39)41-14-6-7-15-42(41)35-22-28-40(29-23-35)48-45-17-9-8-16-43(45)44-30-36-12-4-5-13-37(36)31-46(44)48/h1-7,9-15,17-18,20-24,26,28-31,39,47H,8,16,19,25,27H2. The third kappa shape index (κ3) is 5.24. The molecule has 0 radical (unpaired) electrons. The first kappa shape index (κ1) is 28.6. The Labute approximate surface area is 282 Å². The highest BCUT2D eigenvalue weighted by molar-refractivity contribution is 6.01. The fourth-order valence-electron chi connectivity index (χ4n) is 7.79. The summed E-state index contributed by atoms with van der Waals surface area (Å²) in [7, 11) is 0. The highest BCUT2D eigenvalue weighted by Gasteiger charge is 2.20. The molecule has 0 fully saturated rings. The van der Waals surface area contributed by atoms with Gasteiger partial charge in [0.15, 0.2) is 0 Å². The van der Waals surface area contributed by atoms with E-state index in [0.29, 0.717) is 6.04 Å². The monoisotopic (exact) mass is 618 g/mol. The molecule has 0 spiro atoms. The average Bonchev–Trinajstić information content (AvgIpc) is 3.48. The number of allylic oxidation sites excluding steroid dienone is 7. The Hall–Kier alpha value is -5.60. The van der Waals surface area contributed by atoms with E-state index in [1.807, 2.05) is 0 Å². The summed E-state index contributed by atoms with van der Waals surface area (Å²) >= 11 is 0. The molecule has 0 saturated heterocycles. The summed E-state index contributed by atoms with van der Waals surface area (Å²) in [4.78, 5) is 0. The number of nitrogens with zero attached hydrogens (tertiary/aromatic N) is 1. The lowest BCUT2D eigenvalue weighted by atomic mass is 9.90. The van der Waals surface area contributed by atoms with Gasteiger partial charge in [-0.25, -0.2) is 0 Å². The zero-order chi connectivity index (χ0) is 31.9. The lowest BCUT2D eigenvalue weighted by Gasteiger charge is -2.24. The van der Waals surface area contributed by atoms with Crippen molar-refractivity contribution in [2.45, 2.75) is 38.1 Å². The van der Waals surface area contributed by atoms with Crippen molar-refractivity contribution in [1.82, 2.24) is 9.88 Å². The maximum atomic E-state index is 3.79. The summed E-state index contributed by atoms with van der Waals surface area (Å²) < 4.78 is 2.46. The van der Waals surface area contributed by atoms with Crippen LogP contribution in [0, 0.1) is 0 Å². The van der Waals surface area contributed by atoms with Gasteiger partial charge in [-0.3, -0.25) is 0 Å². The molecule has 232 valence electrons. The van der Waals surface area contributed by atoms with Crippen LogP contribution < -0.4 is 5.32 Å². The summed E-state index contributed by atoms with van der Waals surface area (Å²) in [5.74, 6) is 0. The summed E-state index contributed by atoms with van der Waals surface area (Å²) in [5.41, 5.74) is 14.4. The van der Waals surface area contributed by atoms with Crippen LogP contribution in [-0.4, -0.2) is 10.6 Å². The van der Waals surface area contributed by atoms with Crippen LogP contribution in [0.5, 0.6) is 0 Å². The molecule has 2 nitrogen and oxygen atoms in total. The minimum Gasteiger partial charge on any atom is -0.382 e. The van der Waals surface area contributed by atoms with Crippen molar-refractivity contribution in [1.29, 1.82) is 0 Å². The van der Waals surface area contributed by atoms with Crippen molar-refractivity contribution < 1.29 is 0 Å². The predicted octanol–water partition coefficient (Wildman–Crippen LogP) is 11.5. The number of aryl methyl sites for hydroxylation is 1. The second-order valence-corrected chi connectivity index (χ2v) is 13.2. The number of hydrogen-bond acceptors (Lipinski definition) is 1. The molecule has 3 aliphatic carbocycles. The van der Waals surface area contributed by atoms with Gasteiger partial charge >= 0.3 is 0 Å². The zero-order valence-corrected chi connectivity index (χ0v) is 27.1.